The molecule has 1 fully saturated rings. The Morgan fingerprint density at radius 1 is 1.50 bits per heavy atom. The van der Waals surface area contributed by atoms with Crippen molar-refractivity contribution in [3.63, 3.8) is 0 Å². The van der Waals surface area contributed by atoms with Gasteiger partial charge in [0.1, 0.15) is 11.1 Å². The van der Waals surface area contributed by atoms with E-state index in [1.54, 1.807) is 18.4 Å². The molecule has 0 spiro atoms. The quantitative estimate of drug-likeness (QED) is 0.783. The first-order valence-electron chi connectivity index (χ1n) is 7.29. The highest BCUT2D eigenvalue weighted by Crippen LogP contribution is 2.30. The molecule has 20 heavy (non-hydrogen) atoms. The highest BCUT2D eigenvalue weighted by atomic mass is 32.1. The van der Waals surface area contributed by atoms with E-state index in [1.165, 1.54) is 0 Å². The number of hydrogen-bond acceptors (Lipinski definition) is 5. The van der Waals surface area contributed by atoms with Gasteiger partial charge in [0.15, 0.2) is 0 Å². The average Bonchev–Trinajstić information content (AvgIpc) is 2.89. The van der Waals surface area contributed by atoms with E-state index in [0.717, 1.165) is 50.0 Å². The molecule has 0 saturated carbocycles. The normalized spacial score (nSPS) is 21.3. The number of hydrogen-bond donors (Lipinski definition) is 0. The smallest absolute Gasteiger partial charge is 0.123 e. The molecule has 1 aliphatic heterocycles. The van der Waals surface area contributed by atoms with Gasteiger partial charge in [0.05, 0.1) is 12.3 Å². The fourth-order valence-electron chi connectivity index (χ4n) is 2.27. The molecular formula is C15H26N2O2S. The average molecular weight is 298 g/mol. The van der Waals surface area contributed by atoms with Crippen molar-refractivity contribution in [1.82, 2.24) is 9.88 Å². The number of thiazole rings is 1. The van der Waals surface area contributed by atoms with Crippen LogP contribution in [0, 0.1) is 0 Å². The van der Waals surface area contributed by atoms with Gasteiger partial charge < -0.3 is 9.47 Å². The molecule has 0 radical (unpaired) electrons. The van der Waals surface area contributed by atoms with Gasteiger partial charge in [0, 0.05) is 44.1 Å². The zero-order valence-corrected chi connectivity index (χ0v) is 13.8. The third-order valence-electron chi connectivity index (χ3n) is 3.54. The molecule has 1 saturated heterocycles. The van der Waals surface area contributed by atoms with Crippen molar-refractivity contribution in [3.05, 3.63) is 16.1 Å². The molecule has 2 rings (SSSR count). The molecule has 0 unspecified atom stereocenters. The van der Waals surface area contributed by atoms with Crippen molar-refractivity contribution in [1.29, 1.82) is 0 Å². The number of rotatable bonds is 5. The van der Waals surface area contributed by atoms with E-state index in [1.807, 2.05) is 0 Å². The van der Waals surface area contributed by atoms with Crippen LogP contribution in [-0.4, -0.2) is 49.8 Å². The highest BCUT2D eigenvalue weighted by Gasteiger charge is 2.26. The summed E-state index contributed by atoms with van der Waals surface area (Å²) in [5.74, 6) is 0. The second-order valence-corrected chi connectivity index (χ2v) is 7.22. The number of methoxy groups -OCH3 is 1. The number of nitrogens with zero attached hydrogens (tertiary/aromatic N) is 2. The van der Waals surface area contributed by atoms with E-state index in [0.29, 0.717) is 0 Å². The Morgan fingerprint density at radius 3 is 2.95 bits per heavy atom. The molecule has 5 heteroatoms. The minimum Gasteiger partial charge on any atom is -0.385 e. The second kappa shape index (κ2) is 6.98. The summed E-state index contributed by atoms with van der Waals surface area (Å²) in [6.07, 6.45) is 1.21. The molecular weight excluding hydrogens is 272 g/mol. The van der Waals surface area contributed by atoms with E-state index in [2.05, 4.69) is 31.1 Å². The fraction of sp³-hybridized carbons (Fsp3) is 0.800. The monoisotopic (exact) mass is 298 g/mol. The van der Waals surface area contributed by atoms with Gasteiger partial charge in [-0.3, -0.25) is 4.90 Å². The van der Waals surface area contributed by atoms with Crippen molar-refractivity contribution >= 4 is 11.3 Å². The number of ether oxygens (including phenoxy) is 2. The van der Waals surface area contributed by atoms with E-state index in [9.17, 15) is 0 Å². The van der Waals surface area contributed by atoms with Gasteiger partial charge in [-0.15, -0.1) is 11.3 Å². The number of aromatic nitrogens is 1. The van der Waals surface area contributed by atoms with Crippen LogP contribution in [0.25, 0.3) is 0 Å². The molecule has 1 atom stereocenters. The van der Waals surface area contributed by atoms with Gasteiger partial charge >= 0.3 is 0 Å². The standard InChI is InChI=1S/C15H26N2O2S/c1-15(2,3)13-11-20-14(16-13)12-10-17(7-9-19-12)6-5-8-18-4/h11-12H,5-10H2,1-4H3/t12-/m1/s1. The van der Waals surface area contributed by atoms with Gasteiger partial charge in [-0.05, 0) is 6.42 Å². The molecule has 114 valence electrons. The van der Waals surface area contributed by atoms with Gasteiger partial charge in [-0.2, -0.15) is 0 Å². The first-order valence-corrected chi connectivity index (χ1v) is 8.17. The van der Waals surface area contributed by atoms with Gasteiger partial charge in [-0.25, -0.2) is 4.98 Å². The lowest BCUT2D eigenvalue weighted by Gasteiger charge is -2.31. The second-order valence-electron chi connectivity index (χ2n) is 6.33. The topological polar surface area (TPSA) is 34.6 Å². The van der Waals surface area contributed by atoms with Crippen LogP contribution >= 0.6 is 11.3 Å². The maximum absolute atomic E-state index is 5.90. The first-order chi connectivity index (χ1) is 9.50. The minimum atomic E-state index is 0.113. The van der Waals surface area contributed by atoms with Gasteiger partial charge in [0.25, 0.3) is 0 Å². The Kier molecular flexibility index (Phi) is 5.55. The predicted molar refractivity (Wildman–Crippen MR) is 82.4 cm³/mol. The van der Waals surface area contributed by atoms with Crippen LogP contribution in [0.5, 0.6) is 0 Å². The summed E-state index contributed by atoms with van der Waals surface area (Å²) in [4.78, 5) is 7.23. The molecule has 0 aromatic carbocycles. The molecule has 0 amide bonds. The summed E-state index contributed by atoms with van der Waals surface area (Å²) in [6.45, 7) is 11.2. The SMILES string of the molecule is COCCCN1CCO[C@@H](c2nc(C(C)(C)C)cs2)C1. The number of morpholine rings is 1. The Bertz CT molecular complexity index is 414. The van der Waals surface area contributed by atoms with Crippen LogP contribution < -0.4 is 0 Å². The van der Waals surface area contributed by atoms with E-state index in [4.69, 9.17) is 14.5 Å². The van der Waals surface area contributed by atoms with Crippen LogP contribution in [0.3, 0.4) is 0 Å². The summed E-state index contributed by atoms with van der Waals surface area (Å²) in [5, 5.41) is 3.29. The van der Waals surface area contributed by atoms with Crippen LogP contribution in [0.4, 0.5) is 0 Å². The summed E-state index contributed by atoms with van der Waals surface area (Å²) >= 11 is 1.73. The molecule has 0 bridgehead atoms. The summed E-state index contributed by atoms with van der Waals surface area (Å²) in [7, 11) is 1.76. The van der Waals surface area contributed by atoms with Crippen LogP contribution in [0.15, 0.2) is 5.38 Å². The molecule has 4 nitrogen and oxygen atoms in total. The fourth-order valence-corrected chi connectivity index (χ4v) is 3.35. The Labute approximate surface area is 126 Å². The maximum atomic E-state index is 5.90. The van der Waals surface area contributed by atoms with Crippen molar-refractivity contribution < 1.29 is 9.47 Å². The molecule has 1 aromatic heterocycles. The van der Waals surface area contributed by atoms with Crippen LogP contribution in [0.2, 0.25) is 0 Å². The lowest BCUT2D eigenvalue weighted by molar-refractivity contribution is -0.0318. The van der Waals surface area contributed by atoms with Crippen molar-refractivity contribution in [2.75, 3.05) is 40.0 Å². The molecule has 0 aliphatic carbocycles. The summed E-state index contributed by atoms with van der Waals surface area (Å²) in [5.41, 5.74) is 1.28. The first kappa shape index (κ1) is 15.9. The third kappa shape index (κ3) is 4.25. The highest BCUT2D eigenvalue weighted by molar-refractivity contribution is 7.09. The summed E-state index contributed by atoms with van der Waals surface area (Å²) in [6, 6.07) is 0. The largest absolute Gasteiger partial charge is 0.385 e. The van der Waals surface area contributed by atoms with Crippen molar-refractivity contribution in [2.24, 2.45) is 0 Å². The van der Waals surface area contributed by atoms with E-state index >= 15 is 0 Å². The predicted octanol–water partition coefficient (Wildman–Crippen LogP) is 2.85. The summed E-state index contributed by atoms with van der Waals surface area (Å²) < 4.78 is 11.0. The molecule has 1 aliphatic rings. The molecule has 1 aromatic rings. The zero-order chi connectivity index (χ0) is 14.6. The molecule has 2 heterocycles. The Balaban J connectivity index is 1.93. The van der Waals surface area contributed by atoms with Crippen molar-refractivity contribution in [3.8, 4) is 0 Å². The Hall–Kier alpha value is -0.490. The van der Waals surface area contributed by atoms with Crippen molar-refractivity contribution in [2.45, 2.75) is 38.7 Å². The van der Waals surface area contributed by atoms with Gasteiger partial charge in [-0.1, -0.05) is 20.8 Å². The lowest BCUT2D eigenvalue weighted by atomic mass is 9.93. The van der Waals surface area contributed by atoms with Crippen LogP contribution in [0.1, 0.15) is 44.0 Å². The van der Waals surface area contributed by atoms with Crippen LogP contribution in [-0.2, 0) is 14.9 Å². The zero-order valence-electron chi connectivity index (χ0n) is 13.0. The Morgan fingerprint density at radius 2 is 2.30 bits per heavy atom. The maximum Gasteiger partial charge on any atom is 0.123 e. The van der Waals surface area contributed by atoms with E-state index in [-0.39, 0.29) is 11.5 Å². The third-order valence-corrected chi connectivity index (χ3v) is 4.48. The van der Waals surface area contributed by atoms with E-state index < -0.39 is 0 Å². The van der Waals surface area contributed by atoms with Gasteiger partial charge in [0.2, 0.25) is 0 Å². The minimum absolute atomic E-state index is 0.113. The molecule has 0 N–H and O–H groups in total. The lowest BCUT2D eigenvalue weighted by Crippen LogP contribution is -2.39.